The van der Waals surface area contributed by atoms with E-state index in [4.69, 9.17) is 14.5 Å². The first-order valence-corrected chi connectivity index (χ1v) is 11.3. The number of pyridine rings is 1. The Morgan fingerprint density at radius 3 is 3.03 bits per heavy atom. The number of carbonyl (C=O) groups is 1. The van der Waals surface area contributed by atoms with Crippen LogP contribution >= 0.6 is 0 Å². The molecule has 0 aromatic carbocycles. The topological polar surface area (TPSA) is 93.9 Å². The van der Waals surface area contributed by atoms with Crippen molar-refractivity contribution in [2.24, 2.45) is 5.41 Å². The molecule has 9 nitrogen and oxygen atoms in total. The number of carbonyl (C=O) groups excluding carboxylic acids is 1. The molecule has 0 radical (unpaired) electrons. The van der Waals surface area contributed by atoms with Crippen LogP contribution in [-0.4, -0.2) is 50.8 Å². The number of hydrogen-bond acceptors (Lipinski definition) is 7. The molecular formula is C23H25FN6O3. The Morgan fingerprint density at radius 2 is 2.15 bits per heavy atom. The largest absolute Gasteiger partial charge is 0.483 e. The molecule has 1 amide bonds. The number of nitrogens with one attached hydrogen (secondary N) is 1. The Bertz CT molecular complexity index is 1260. The number of aromatic nitrogens is 4. The van der Waals surface area contributed by atoms with Gasteiger partial charge in [-0.3, -0.25) is 4.79 Å². The van der Waals surface area contributed by atoms with Gasteiger partial charge in [0, 0.05) is 17.5 Å². The highest BCUT2D eigenvalue weighted by molar-refractivity contribution is 5.99. The van der Waals surface area contributed by atoms with E-state index in [1.165, 1.54) is 18.5 Å². The molecule has 0 spiro atoms. The van der Waals surface area contributed by atoms with Gasteiger partial charge in [-0.25, -0.2) is 18.9 Å². The summed E-state index contributed by atoms with van der Waals surface area (Å²) in [6.45, 7) is 5.05. The predicted molar refractivity (Wildman–Crippen MR) is 117 cm³/mol. The van der Waals surface area contributed by atoms with Gasteiger partial charge in [-0.2, -0.15) is 5.10 Å². The lowest BCUT2D eigenvalue weighted by Gasteiger charge is -2.39. The summed E-state index contributed by atoms with van der Waals surface area (Å²) in [5.41, 5.74) is 1.13. The fourth-order valence-corrected chi connectivity index (χ4v) is 4.87. The fraction of sp³-hybridized carbons (Fsp3) is 0.478. The second-order valence-electron chi connectivity index (χ2n) is 9.79. The monoisotopic (exact) mass is 452 g/mol. The van der Waals surface area contributed by atoms with Crippen molar-refractivity contribution in [1.82, 2.24) is 24.9 Å². The van der Waals surface area contributed by atoms with Gasteiger partial charge < -0.3 is 19.7 Å². The summed E-state index contributed by atoms with van der Waals surface area (Å²) < 4.78 is 28.2. The Balaban J connectivity index is 1.54. The molecule has 6 rings (SSSR count). The molecule has 10 heteroatoms. The summed E-state index contributed by atoms with van der Waals surface area (Å²) in [4.78, 5) is 24.2. The maximum absolute atomic E-state index is 14.2. The number of rotatable bonds is 0. The van der Waals surface area contributed by atoms with Crippen LogP contribution < -0.4 is 19.7 Å². The van der Waals surface area contributed by atoms with Gasteiger partial charge in [0.2, 0.25) is 5.88 Å². The van der Waals surface area contributed by atoms with Crippen LogP contribution in [0.5, 0.6) is 11.6 Å². The lowest BCUT2D eigenvalue weighted by Crippen LogP contribution is -2.47. The highest BCUT2D eigenvalue weighted by atomic mass is 19.1. The zero-order valence-electron chi connectivity index (χ0n) is 18.5. The first kappa shape index (κ1) is 20.2. The number of nitrogens with zero attached hydrogens (tertiary/aromatic N) is 5. The fourth-order valence-electron chi connectivity index (χ4n) is 4.87. The smallest absolute Gasteiger partial charge is 0.256 e. The van der Waals surface area contributed by atoms with Gasteiger partial charge in [-0.15, -0.1) is 0 Å². The minimum absolute atomic E-state index is 0.0128. The first-order valence-electron chi connectivity index (χ1n) is 11.3. The number of ether oxygens (including phenoxy) is 2. The molecular weight excluding hydrogens is 427 g/mol. The van der Waals surface area contributed by atoms with E-state index >= 15 is 0 Å². The van der Waals surface area contributed by atoms with E-state index in [0.29, 0.717) is 53.9 Å². The molecule has 2 atom stereocenters. The molecule has 172 valence electrons. The number of amides is 1. The van der Waals surface area contributed by atoms with Gasteiger partial charge >= 0.3 is 0 Å². The van der Waals surface area contributed by atoms with Crippen molar-refractivity contribution >= 4 is 17.4 Å². The lowest BCUT2D eigenvalue weighted by molar-refractivity contribution is 0.0918. The van der Waals surface area contributed by atoms with Crippen LogP contribution in [0, 0.1) is 11.2 Å². The Hall–Kier alpha value is -3.43. The van der Waals surface area contributed by atoms with Crippen LogP contribution in [0.1, 0.15) is 49.0 Å². The van der Waals surface area contributed by atoms with Crippen molar-refractivity contribution < 1.29 is 18.7 Å². The number of hydrogen-bond donors (Lipinski definition) is 1. The molecule has 2 aliphatic heterocycles. The minimum Gasteiger partial charge on any atom is -0.483 e. The molecule has 3 aliphatic rings. The third kappa shape index (κ3) is 3.44. The number of halogens is 1. The lowest BCUT2D eigenvalue weighted by atomic mass is 9.94. The highest BCUT2D eigenvalue weighted by Gasteiger charge is 2.41. The van der Waals surface area contributed by atoms with E-state index in [9.17, 15) is 9.18 Å². The summed E-state index contributed by atoms with van der Waals surface area (Å²) in [6, 6.07) is 1.57. The van der Waals surface area contributed by atoms with E-state index in [0.717, 1.165) is 19.3 Å². The van der Waals surface area contributed by atoms with Gasteiger partial charge in [0.1, 0.15) is 17.5 Å². The molecule has 5 heterocycles. The van der Waals surface area contributed by atoms with Crippen LogP contribution in [0.3, 0.4) is 0 Å². The molecule has 0 saturated heterocycles. The van der Waals surface area contributed by atoms with Gasteiger partial charge in [-0.05, 0) is 25.3 Å². The minimum atomic E-state index is -0.414. The SMILES string of the molecule is CC1(C)CNC(=O)c2cnn3cc4c(nc23)N(Cc2cc(F)cnc2OC1)[C@@H]1CCC[C@@H]1O4. The van der Waals surface area contributed by atoms with Gasteiger partial charge in [0.15, 0.2) is 17.2 Å². The summed E-state index contributed by atoms with van der Waals surface area (Å²) in [6.07, 6.45) is 7.39. The maximum atomic E-state index is 14.2. The second kappa shape index (κ2) is 7.29. The van der Waals surface area contributed by atoms with E-state index < -0.39 is 5.82 Å². The van der Waals surface area contributed by atoms with Crippen LogP contribution in [0.4, 0.5) is 10.2 Å². The van der Waals surface area contributed by atoms with Crippen molar-refractivity contribution in [3.05, 3.63) is 41.6 Å². The quantitative estimate of drug-likeness (QED) is 0.561. The first-order chi connectivity index (χ1) is 15.9. The second-order valence-corrected chi connectivity index (χ2v) is 9.79. The summed E-state index contributed by atoms with van der Waals surface area (Å²) in [5.74, 6) is 0.947. The summed E-state index contributed by atoms with van der Waals surface area (Å²) >= 11 is 0. The third-order valence-electron chi connectivity index (χ3n) is 6.61. The van der Waals surface area contributed by atoms with Gasteiger partial charge in [0.05, 0.1) is 37.8 Å². The molecule has 33 heavy (non-hydrogen) atoms. The van der Waals surface area contributed by atoms with Crippen LogP contribution in [0.15, 0.2) is 24.7 Å². The van der Waals surface area contributed by atoms with Crippen molar-refractivity contribution in [2.45, 2.75) is 51.8 Å². The number of fused-ring (bicyclic) bond motifs is 3. The Kier molecular flexibility index (Phi) is 4.46. The molecule has 0 unspecified atom stereocenters. The van der Waals surface area contributed by atoms with Crippen LogP contribution in [-0.2, 0) is 6.54 Å². The molecule has 1 saturated carbocycles. The summed E-state index contributed by atoms with van der Waals surface area (Å²) in [5, 5.41) is 7.31. The zero-order chi connectivity index (χ0) is 22.7. The number of anilines is 1. The van der Waals surface area contributed by atoms with E-state index in [1.54, 1.807) is 10.7 Å². The molecule has 1 fully saturated rings. The van der Waals surface area contributed by atoms with E-state index in [1.807, 2.05) is 13.8 Å². The van der Waals surface area contributed by atoms with Gasteiger partial charge in [-0.1, -0.05) is 13.8 Å². The van der Waals surface area contributed by atoms with Crippen molar-refractivity contribution in [3.8, 4) is 11.6 Å². The van der Waals surface area contributed by atoms with Crippen molar-refractivity contribution in [2.75, 3.05) is 18.1 Å². The molecule has 3 aromatic heterocycles. The molecule has 1 aliphatic carbocycles. The zero-order valence-corrected chi connectivity index (χ0v) is 18.5. The highest BCUT2D eigenvalue weighted by Crippen LogP contribution is 2.42. The molecule has 2 bridgehead atoms. The van der Waals surface area contributed by atoms with Crippen LogP contribution in [0.25, 0.3) is 5.65 Å². The van der Waals surface area contributed by atoms with E-state index in [-0.39, 0.29) is 23.5 Å². The summed E-state index contributed by atoms with van der Waals surface area (Å²) in [7, 11) is 0. The Morgan fingerprint density at radius 1 is 1.27 bits per heavy atom. The average molecular weight is 452 g/mol. The third-order valence-corrected chi connectivity index (χ3v) is 6.61. The van der Waals surface area contributed by atoms with Crippen molar-refractivity contribution in [1.29, 1.82) is 0 Å². The average Bonchev–Trinajstić information content (AvgIpc) is 3.42. The normalized spacial score (nSPS) is 23.8. The van der Waals surface area contributed by atoms with Crippen LogP contribution in [0.2, 0.25) is 0 Å². The Labute approximate surface area is 189 Å². The van der Waals surface area contributed by atoms with Gasteiger partial charge in [0.25, 0.3) is 5.91 Å². The van der Waals surface area contributed by atoms with E-state index in [2.05, 4.69) is 20.3 Å². The standard InChI is InChI=1S/C23H25FN6O3/c1-23(2)11-26-21(31)15-8-27-30-10-18-20(28-19(15)30)29(16-4-3-5-17(16)33-18)9-13-6-14(24)7-25-22(13)32-12-23/h6-8,10,16-17H,3-5,9,11-12H2,1-2H3,(H,26,31)/t16-,17+/m1/s1. The maximum Gasteiger partial charge on any atom is 0.256 e. The van der Waals surface area contributed by atoms with Crippen molar-refractivity contribution in [3.63, 3.8) is 0 Å². The molecule has 3 aromatic rings. The predicted octanol–water partition coefficient (Wildman–Crippen LogP) is 2.73. The molecule has 1 N–H and O–H groups in total.